The fraction of sp³-hybridized carbons (Fsp3) is 0.812. The number of rotatable bonds is 4. The van der Waals surface area contributed by atoms with Gasteiger partial charge in [-0.2, -0.15) is 4.98 Å². The molecule has 1 amide bonds. The van der Waals surface area contributed by atoms with Crippen molar-refractivity contribution < 1.29 is 14.1 Å². The van der Waals surface area contributed by atoms with Crippen LogP contribution in [-0.2, 0) is 4.74 Å². The Bertz CT molecular complexity index is 544. The van der Waals surface area contributed by atoms with Gasteiger partial charge in [0, 0.05) is 6.54 Å². The number of fused-ring (bicyclic) bond motifs is 3. The standard InChI is InChI=1S/C16H26N4O3/c1-16(2,3)6-9-22-15(21)18-14-17-13(23-19-14)12-10-20-7-4-11(12)5-8-20/h11-12H,4-10H2,1-3H3,(H,18,19,21). The third kappa shape index (κ3) is 4.22. The van der Waals surface area contributed by atoms with Crippen molar-refractivity contribution in [3.05, 3.63) is 5.89 Å². The largest absolute Gasteiger partial charge is 0.449 e. The van der Waals surface area contributed by atoms with Crippen molar-refractivity contribution in [2.45, 2.75) is 46.0 Å². The Hall–Kier alpha value is -1.63. The molecule has 0 aliphatic carbocycles. The van der Waals surface area contributed by atoms with Gasteiger partial charge in [0.2, 0.25) is 5.89 Å². The second kappa shape index (κ2) is 6.47. The maximum atomic E-state index is 11.7. The maximum Gasteiger partial charge on any atom is 0.414 e. The molecule has 3 saturated heterocycles. The molecule has 1 atom stereocenters. The SMILES string of the molecule is CC(C)(C)CCOC(=O)Nc1noc(C2CN3CCC2CC3)n1. The first-order valence-electron chi connectivity index (χ1n) is 8.40. The Morgan fingerprint density at radius 1 is 1.39 bits per heavy atom. The van der Waals surface area contributed by atoms with Crippen molar-refractivity contribution in [3.8, 4) is 0 Å². The first kappa shape index (κ1) is 16.2. The summed E-state index contributed by atoms with van der Waals surface area (Å²) in [6, 6.07) is 0. The number of aromatic nitrogens is 2. The predicted molar refractivity (Wildman–Crippen MR) is 85.2 cm³/mol. The number of amides is 1. The molecule has 7 heteroatoms. The van der Waals surface area contributed by atoms with Gasteiger partial charge in [-0.3, -0.25) is 5.32 Å². The molecule has 4 rings (SSSR count). The number of ether oxygens (including phenoxy) is 1. The molecule has 0 aromatic carbocycles. The smallest absolute Gasteiger partial charge is 0.414 e. The van der Waals surface area contributed by atoms with Crippen LogP contribution in [0.25, 0.3) is 0 Å². The number of carbonyl (C=O) groups is 1. The number of nitrogens with one attached hydrogen (secondary N) is 1. The van der Waals surface area contributed by atoms with Gasteiger partial charge in [0.15, 0.2) is 0 Å². The normalized spacial score (nSPS) is 27.0. The highest BCUT2D eigenvalue weighted by molar-refractivity contribution is 5.82. The van der Waals surface area contributed by atoms with Crippen molar-refractivity contribution >= 4 is 12.0 Å². The number of anilines is 1. The summed E-state index contributed by atoms with van der Waals surface area (Å²) < 4.78 is 10.5. The van der Waals surface area contributed by atoms with Crippen LogP contribution in [0, 0.1) is 11.3 Å². The molecule has 1 aromatic heterocycles. The van der Waals surface area contributed by atoms with E-state index in [9.17, 15) is 4.79 Å². The summed E-state index contributed by atoms with van der Waals surface area (Å²) in [6.45, 7) is 10.00. The quantitative estimate of drug-likeness (QED) is 0.918. The van der Waals surface area contributed by atoms with Crippen molar-refractivity contribution in [1.82, 2.24) is 15.0 Å². The van der Waals surface area contributed by atoms with Crippen LogP contribution >= 0.6 is 0 Å². The molecule has 3 aliphatic rings. The highest BCUT2D eigenvalue weighted by atomic mass is 16.5. The maximum absolute atomic E-state index is 11.7. The molecule has 3 aliphatic heterocycles. The van der Waals surface area contributed by atoms with Crippen molar-refractivity contribution in [2.75, 3.05) is 31.6 Å². The van der Waals surface area contributed by atoms with E-state index >= 15 is 0 Å². The van der Waals surface area contributed by atoms with Gasteiger partial charge < -0.3 is 14.2 Å². The van der Waals surface area contributed by atoms with E-state index in [1.807, 2.05) is 0 Å². The summed E-state index contributed by atoms with van der Waals surface area (Å²) in [4.78, 5) is 18.5. The Morgan fingerprint density at radius 3 is 2.74 bits per heavy atom. The molecule has 0 spiro atoms. The van der Waals surface area contributed by atoms with Gasteiger partial charge in [-0.25, -0.2) is 4.79 Å². The van der Waals surface area contributed by atoms with Gasteiger partial charge in [0.25, 0.3) is 5.95 Å². The van der Waals surface area contributed by atoms with Gasteiger partial charge in [-0.05, 0) is 48.8 Å². The van der Waals surface area contributed by atoms with Crippen LogP contribution < -0.4 is 5.32 Å². The van der Waals surface area contributed by atoms with E-state index in [1.54, 1.807) is 0 Å². The fourth-order valence-electron chi connectivity index (χ4n) is 3.26. The Balaban J connectivity index is 1.50. The number of piperidine rings is 3. The zero-order valence-corrected chi connectivity index (χ0v) is 14.2. The van der Waals surface area contributed by atoms with E-state index in [2.05, 4.69) is 41.1 Å². The van der Waals surface area contributed by atoms with Crippen LogP contribution in [0.4, 0.5) is 10.7 Å². The van der Waals surface area contributed by atoms with E-state index in [0.717, 1.165) is 13.0 Å². The average Bonchev–Trinajstić information content (AvgIpc) is 2.95. The molecule has 0 saturated carbocycles. The zero-order chi connectivity index (χ0) is 16.4. The molecule has 1 unspecified atom stereocenters. The van der Waals surface area contributed by atoms with Gasteiger partial charge in [0.05, 0.1) is 12.5 Å². The van der Waals surface area contributed by atoms with Crippen LogP contribution in [0.3, 0.4) is 0 Å². The number of hydrogen-bond donors (Lipinski definition) is 1. The third-order valence-electron chi connectivity index (χ3n) is 4.71. The van der Waals surface area contributed by atoms with Crippen LogP contribution in [0.15, 0.2) is 4.52 Å². The number of carbonyl (C=O) groups excluding carboxylic acids is 1. The Morgan fingerprint density at radius 2 is 2.13 bits per heavy atom. The van der Waals surface area contributed by atoms with E-state index in [1.165, 1.54) is 25.9 Å². The Labute approximate surface area is 136 Å². The fourth-order valence-corrected chi connectivity index (χ4v) is 3.26. The second-order valence-corrected chi connectivity index (χ2v) is 7.77. The molecule has 23 heavy (non-hydrogen) atoms. The summed E-state index contributed by atoms with van der Waals surface area (Å²) >= 11 is 0. The summed E-state index contributed by atoms with van der Waals surface area (Å²) in [5.74, 6) is 1.73. The molecule has 1 N–H and O–H groups in total. The lowest BCUT2D eigenvalue weighted by Gasteiger charge is -2.43. The highest BCUT2D eigenvalue weighted by Gasteiger charge is 2.38. The van der Waals surface area contributed by atoms with Crippen LogP contribution in [0.5, 0.6) is 0 Å². The molecule has 2 bridgehead atoms. The lowest BCUT2D eigenvalue weighted by atomic mass is 9.79. The first-order valence-corrected chi connectivity index (χ1v) is 8.40. The third-order valence-corrected chi connectivity index (χ3v) is 4.71. The lowest BCUT2D eigenvalue weighted by Crippen LogP contribution is -2.46. The van der Waals surface area contributed by atoms with Crippen molar-refractivity contribution in [3.63, 3.8) is 0 Å². The van der Waals surface area contributed by atoms with Gasteiger partial charge in [-0.15, -0.1) is 0 Å². The van der Waals surface area contributed by atoms with E-state index in [-0.39, 0.29) is 17.3 Å². The monoisotopic (exact) mass is 322 g/mol. The number of hydrogen-bond acceptors (Lipinski definition) is 6. The van der Waals surface area contributed by atoms with Gasteiger partial charge >= 0.3 is 6.09 Å². The molecular weight excluding hydrogens is 296 g/mol. The molecule has 128 valence electrons. The highest BCUT2D eigenvalue weighted by Crippen LogP contribution is 2.38. The summed E-state index contributed by atoms with van der Waals surface area (Å²) in [7, 11) is 0. The molecule has 1 aromatic rings. The van der Waals surface area contributed by atoms with E-state index in [0.29, 0.717) is 18.4 Å². The lowest BCUT2D eigenvalue weighted by molar-refractivity contribution is 0.0727. The minimum Gasteiger partial charge on any atom is -0.449 e. The zero-order valence-electron chi connectivity index (χ0n) is 14.2. The minimum absolute atomic E-state index is 0.134. The first-order chi connectivity index (χ1) is 10.9. The summed E-state index contributed by atoms with van der Waals surface area (Å²) in [6.07, 6.45) is 2.64. The van der Waals surface area contributed by atoms with Crippen LogP contribution in [0.1, 0.15) is 51.8 Å². The molecular formula is C16H26N4O3. The van der Waals surface area contributed by atoms with Crippen molar-refractivity contribution in [2.24, 2.45) is 11.3 Å². The Kier molecular flexibility index (Phi) is 4.57. The summed E-state index contributed by atoms with van der Waals surface area (Å²) in [5, 5.41) is 6.40. The minimum atomic E-state index is -0.532. The predicted octanol–water partition coefficient (Wildman–Crippen LogP) is 2.86. The van der Waals surface area contributed by atoms with Crippen LogP contribution in [0.2, 0.25) is 0 Å². The van der Waals surface area contributed by atoms with E-state index in [4.69, 9.17) is 9.26 Å². The molecule has 0 radical (unpaired) electrons. The van der Waals surface area contributed by atoms with Gasteiger partial charge in [0.1, 0.15) is 0 Å². The van der Waals surface area contributed by atoms with Crippen molar-refractivity contribution in [1.29, 1.82) is 0 Å². The van der Waals surface area contributed by atoms with E-state index < -0.39 is 6.09 Å². The average molecular weight is 322 g/mol. The second-order valence-electron chi connectivity index (χ2n) is 7.77. The van der Waals surface area contributed by atoms with Gasteiger partial charge in [-0.1, -0.05) is 20.8 Å². The molecule has 4 heterocycles. The number of nitrogens with zero attached hydrogens (tertiary/aromatic N) is 3. The summed E-state index contributed by atoms with van der Waals surface area (Å²) in [5.41, 5.74) is 0.134. The molecule has 7 nitrogen and oxygen atoms in total. The topological polar surface area (TPSA) is 80.5 Å². The van der Waals surface area contributed by atoms with Crippen LogP contribution in [-0.4, -0.2) is 47.4 Å². The molecule has 3 fully saturated rings.